The third-order valence-corrected chi connectivity index (χ3v) is 3.48. The molecule has 0 aliphatic rings. The van der Waals surface area contributed by atoms with Crippen LogP contribution in [-0.4, -0.2) is 104 Å². The molecule has 0 aromatic heterocycles. The summed E-state index contributed by atoms with van der Waals surface area (Å²) in [6, 6.07) is 0.111. The minimum atomic E-state index is -0.981. The number of aliphatic carboxylic acids is 1. The highest BCUT2D eigenvalue weighted by Crippen LogP contribution is 2.00. The van der Waals surface area contributed by atoms with Gasteiger partial charge in [0.05, 0.1) is 6.54 Å². The monoisotopic (exact) mass is 377 g/mol. The lowest BCUT2D eigenvalue weighted by Gasteiger charge is -2.29. The number of carbonyl (C=O) groups excluding carboxylic acids is 3. The molecule has 0 aliphatic carbocycles. The number of hydrogen-bond donors (Lipinski definition) is 1. The molecule has 0 saturated heterocycles. The Morgan fingerprint density at radius 2 is 1.31 bits per heavy atom. The molecule has 0 heterocycles. The Labute approximate surface area is 152 Å². The molecule has 1 N–H and O–H groups in total. The number of carbonyl (C=O) groups is 4. The highest BCUT2D eigenvalue weighted by atomic mass is 16.6. The van der Waals surface area contributed by atoms with E-state index in [4.69, 9.17) is 9.84 Å². The van der Waals surface area contributed by atoms with Gasteiger partial charge >= 0.3 is 5.97 Å². The first-order chi connectivity index (χ1) is 12.4. The van der Waals surface area contributed by atoms with Crippen LogP contribution in [0.15, 0.2) is 0 Å². The summed E-state index contributed by atoms with van der Waals surface area (Å²) in [5, 5.41) is 9.07. The van der Waals surface area contributed by atoms with Gasteiger partial charge in [-0.3, -0.25) is 29.0 Å². The van der Waals surface area contributed by atoms with Gasteiger partial charge in [-0.15, -0.1) is 0 Å². The zero-order chi connectivity index (χ0) is 19.8. The fourth-order valence-corrected chi connectivity index (χ4v) is 2.05. The molecule has 26 heavy (non-hydrogen) atoms. The second-order valence-electron chi connectivity index (χ2n) is 5.65. The molecule has 0 unspecified atom stereocenters. The number of carboxylic acid groups (broad SMARTS) is 1. The van der Waals surface area contributed by atoms with Crippen molar-refractivity contribution >= 4 is 25.4 Å². The van der Waals surface area contributed by atoms with Crippen molar-refractivity contribution in [3.05, 3.63) is 0 Å². The van der Waals surface area contributed by atoms with Crippen LogP contribution in [0.1, 0.15) is 13.8 Å². The quantitative estimate of drug-likeness (QED) is 0.175. The first-order valence-corrected chi connectivity index (χ1v) is 8.00. The van der Waals surface area contributed by atoms with Crippen molar-refractivity contribution in [3.63, 3.8) is 0 Å². The van der Waals surface area contributed by atoms with Crippen LogP contribution in [-0.2, 0) is 33.4 Å². The second kappa shape index (κ2) is 15.0. The maximum atomic E-state index is 11.1. The number of nitrogens with zero attached hydrogens (tertiary/aromatic N) is 3. The largest absolute Gasteiger partial charge is 0.480 e. The van der Waals surface area contributed by atoms with E-state index < -0.39 is 5.97 Å². The van der Waals surface area contributed by atoms with Crippen molar-refractivity contribution in [1.29, 1.82) is 0 Å². The number of carboxylic acids is 1. The third-order valence-electron chi connectivity index (χ3n) is 3.48. The molecule has 0 spiro atoms. The fraction of sp³-hybridized carbons (Fsp3) is 0.733. The molecule has 11 nitrogen and oxygen atoms in total. The lowest BCUT2D eigenvalue weighted by atomic mass is 10.3. The summed E-state index contributed by atoms with van der Waals surface area (Å²) in [4.78, 5) is 47.1. The smallest absolute Gasteiger partial charge is 0.317 e. The van der Waals surface area contributed by atoms with Gasteiger partial charge in [0.25, 0.3) is 19.4 Å². The Hall–Kier alpha value is -2.24. The summed E-state index contributed by atoms with van der Waals surface area (Å²) in [7, 11) is 0. The van der Waals surface area contributed by atoms with Crippen molar-refractivity contribution in [2.45, 2.75) is 19.9 Å². The van der Waals surface area contributed by atoms with E-state index in [0.29, 0.717) is 32.7 Å². The Kier molecular flexibility index (Phi) is 13.8. The van der Waals surface area contributed by atoms with Crippen molar-refractivity contribution in [3.8, 4) is 0 Å². The summed E-state index contributed by atoms with van der Waals surface area (Å²) in [6.45, 7) is 6.14. The van der Waals surface area contributed by atoms with Crippen LogP contribution in [0.3, 0.4) is 0 Å². The molecule has 0 bridgehead atoms. The molecule has 0 rings (SSSR count). The van der Waals surface area contributed by atoms with E-state index in [-0.39, 0.29) is 45.7 Å². The number of ether oxygens (including phenoxy) is 3. The van der Waals surface area contributed by atoms with Gasteiger partial charge in [-0.05, 0) is 13.8 Å². The Morgan fingerprint density at radius 3 is 1.77 bits per heavy atom. The van der Waals surface area contributed by atoms with E-state index >= 15 is 0 Å². The standard InChI is InChI=1S/C15H27N3O8/c1-14(2)18(10-26-13-21)6-5-16(7-15(22)23)3-4-17(8-24-11-19)9-25-12-20/h11-14H,3-10H2,1-2H3,(H,22,23). The highest BCUT2D eigenvalue weighted by molar-refractivity contribution is 5.69. The van der Waals surface area contributed by atoms with Gasteiger partial charge < -0.3 is 19.3 Å². The minimum absolute atomic E-state index is 0.0798. The maximum Gasteiger partial charge on any atom is 0.317 e. The van der Waals surface area contributed by atoms with E-state index in [2.05, 4.69) is 9.47 Å². The van der Waals surface area contributed by atoms with Crippen molar-refractivity contribution < 1.29 is 38.5 Å². The van der Waals surface area contributed by atoms with Crippen molar-refractivity contribution in [1.82, 2.24) is 14.7 Å². The zero-order valence-corrected chi connectivity index (χ0v) is 15.1. The molecule has 11 heteroatoms. The lowest BCUT2D eigenvalue weighted by molar-refractivity contribution is -0.141. The summed E-state index contributed by atoms with van der Waals surface area (Å²) < 4.78 is 14.0. The van der Waals surface area contributed by atoms with E-state index in [0.717, 1.165) is 0 Å². The minimum Gasteiger partial charge on any atom is -0.480 e. The normalized spacial score (nSPS) is 11.0. The lowest BCUT2D eigenvalue weighted by Crippen LogP contribution is -2.44. The van der Waals surface area contributed by atoms with Crippen LogP contribution in [0.4, 0.5) is 0 Å². The molecular formula is C15H27N3O8. The van der Waals surface area contributed by atoms with E-state index in [9.17, 15) is 19.2 Å². The summed E-state index contributed by atoms with van der Waals surface area (Å²) in [5.41, 5.74) is 0. The predicted molar refractivity (Wildman–Crippen MR) is 88.7 cm³/mol. The Bertz CT molecular complexity index is 410. The molecule has 150 valence electrons. The first-order valence-electron chi connectivity index (χ1n) is 8.00. The highest BCUT2D eigenvalue weighted by Gasteiger charge is 2.16. The van der Waals surface area contributed by atoms with Crippen LogP contribution in [0.5, 0.6) is 0 Å². The fourth-order valence-electron chi connectivity index (χ4n) is 2.05. The molecule has 0 radical (unpaired) electrons. The number of rotatable bonds is 18. The molecule has 0 saturated carbocycles. The molecular weight excluding hydrogens is 350 g/mol. The van der Waals surface area contributed by atoms with Gasteiger partial charge in [-0.1, -0.05) is 0 Å². The van der Waals surface area contributed by atoms with Crippen LogP contribution >= 0.6 is 0 Å². The van der Waals surface area contributed by atoms with Crippen LogP contribution < -0.4 is 0 Å². The first kappa shape index (κ1) is 23.8. The van der Waals surface area contributed by atoms with Gasteiger partial charge in [0.1, 0.15) is 20.2 Å². The topological polar surface area (TPSA) is 126 Å². The summed E-state index contributed by atoms with van der Waals surface area (Å²) in [5.74, 6) is -0.981. The van der Waals surface area contributed by atoms with E-state index in [1.165, 1.54) is 4.90 Å². The molecule has 0 aromatic rings. The number of hydrogen-bond acceptors (Lipinski definition) is 10. The van der Waals surface area contributed by atoms with Crippen LogP contribution in [0.2, 0.25) is 0 Å². The summed E-state index contributed by atoms with van der Waals surface area (Å²) >= 11 is 0. The molecule has 0 aliphatic heterocycles. The zero-order valence-electron chi connectivity index (χ0n) is 15.1. The molecule has 0 aromatic carbocycles. The van der Waals surface area contributed by atoms with Crippen LogP contribution in [0.25, 0.3) is 0 Å². The van der Waals surface area contributed by atoms with E-state index in [1.807, 2.05) is 18.7 Å². The van der Waals surface area contributed by atoms with E-state index in [1.54, 1.807) is 4.90 Å². The van der Waals surface area contributed by atoms with Gasteiger partial charge in [0, 0.05) is 32.2 Å². The average Bonchev–Trinajstić information content (AvgIpc) is 2.59. The maximum absolute atomic E-state index is 11.1. The van der Waals surface area contributed by atoms with Gasteiger partial charge in [0.15, 0.2) is 0 Å². The predicted octanol–water partition coefficient (Wildman–Crippen LogP) is -1.22. The molecule has 0 amide bonds. The second-order valence-corrected chi connectivity index (χ2v) is 5.65. The SMILES string of the molecule is CC(C)N(CCN(CCN(COC=O)COC=O)CC(=O)O)COC=O. The molecule has 0 atom stereocenters. The summed E-state index contributed by atoms with van der Waals surface area (Å²) in [6.07, 6.45) is 0. The molecule has 0 fully saturated rings. The van der Waals surface area contributed by atoms with Gasteiger partial charge in [-0.25, -0.2) is 4.90 Å². The van der Waals surface area contributed by atoms with Gasteiger partial charge in [0.2, 0.25) is 0 Å². The Balaban J connectivity index is 4.63. The third kappa shape index (κ3) is 12.2. The van der Waals surface area contributed by atoms with Gasteiger partial charge in [-0.2, -0.15) is 0 Å². The average molecular weight is 377 g/mol. The van der Waals surface area contributed by atoms with Crippen molar-refractivity contribution in [2.24, 2.45) is 0 Å². The van der Waals surface area contributed by atoms with Crippen molar-refractivity contribution in [2.75, 3.05) is 52.9 Å². The Morgan fingerprint density at radius 1 is 0.846 bits per heavy atom. The van der Waals surface area contributed by atoms with Crippen LogP contribution in [0, 0.1) is 0 Å².